The van der Waals surface area contributed by atoms with E-state index in [1.807, 2.05) is 0 Å². The highest BCUT2D eigenvalue weighted by Gasteiger charge is 2.43. The standard InChI is InChI=1S/C25H30N2O/c1-18-15-19(2)24-21(9-12-26-24)22(18)17-27-13-11-25(10-6-14-28-25)16-23(27)20-7-4-3-5-8-20/h3-5,7-9,12,15,23,26H,6,10-11,13-14,16-17H2,1-2H3. The van der Waals surface area contributed by atoms with E-state index in [-0.39, 0.29) is 5.60 Å². The van der Waals surface area contributed by atoms with Crippen LogP contribution >= 0.6 is 0 Å². The van der Waals surface area contributed by atoms with Gasteiger partial charge in [0, 0.05) is 42.8 Å². The van der Waals surface area contributed by atoms with Crippen molar-refractivity contribution >= 4 is 10.9 Å². The lowest BCUT2D eigenvalue weighted by Gasteiger charge is -2.45. The van der Waals surface area contributed by atoms with Crippen LogP contribution in [-0.2, 0) is 11.3 Å². The number of hydrogen-bond donors (Lipinski definition) is 1. The summed E-state index contributed by atoms with van der Waals surface area (Å²) in [5, 5.41) is 1.38. The van der Waals surface area contributed by atoms with Gasteiger partial charge in [0.05, 0.1) is 5.60 Å². The van der Waals surface area contributed by atoms with Gasteiger partial charge in [-0.2, -0.15) is 0 Å². The summed E-state index contributed by atoms with van der Waals surface area (Å²) in [5.74, 6) is 0. The Labute approximate surface area is 167 Å². The van der Waals surface area contributed by atoms with E-state index in [0.717, 1.165) is 32.5 Å². The molecule has 2 aromatic carbocycles. The minimum Gasteiger partial charge on any atom is -0.375 e. The Kier molecular flexibility index (Phi) is 4.53. The van der Waals surface area contributed by atoms with Crippen molar-refractivity contribution in [3.8, 4) is 0 Å². The Morgan fingerprint density at radius 2 is 1.96 bits per heavy atom. The summed E-state index contributed by atoms with van der Waals surface area (Å²) in [7, 11) is 0. The molecule has 1 N–H and O–H groups in total. The minimum absolute atomic E-state index is 0.0999. The highest BCUT2D eigenvalue weighted by atomic mass is 16.5. The molecule has 2 fully saturated rings. The van der Waals surface area contributed by atoms with Crippen molar-refractivity contribution in [2.75, 3.05) is 13.2 Å². The van der Waals surface area contributed by atoms with Crippen molar-refractivity contribution in [1.82, 2.24) is 9.88 Å². The topological polar surface area (TPSA) is 28.3 Å². The summed E-state index contributed by atoms with van der Waals surface area (Å²) in [5.41, 5.74) is 7.00. The van der Waals surface area contributed by atoms with E-state index in [0.29, 0.717) is 6.04 Å². The largest absolute Gasteiger partial charge is 0.375 e. The third kappa shape index (κ3) is 3.07. The van der Waals surface area contributed by atoms with Gasteiger partial charge in [0.1, 0.15) is 0 Å². The maximum absolute atomic E-state index is 6.30. The zero-order valence-corrected chi connectivity index (χ0v) is 17.0. The SMILES string of the molecule is Cc1cc(C)c2[nH]ccc2c1CN1CCC2(CCCO2)CC1c1ccccc1. The number of rotatable bonds is 3. The summed E-state index contributed by atoms with van der Waals surface area (Å²) in [6, 6.07) is 16.0. The van der Waals surface area contributed by atoms with Crippen LogP contribution in [0.5, 0.6) is 0 Å². The molecule has 1 aromatic heterocycles. The number of aromatic nitrogens is 1. The number of piperidine rings is 1. The molecule has 0 saturated carbocycles. The number of fused-ring (bicyclic) bond motifs is 1. The number of nitrogens with zero attached hydrogens (tertiary/aromatic N) is 1. The first kappa shape index (κ1) is 18.0. The molecule has 2 atom stereocenters. The molecule has 2 aliphatic heterocycles. The van der Waals surface area contributed by atoms with Gasteiger partial charge in [0.15, 0.2) is 0 Å². The van der Waals surface area contributed by atoms with Gasteiger partial charge in [0.25, 0.3) is 0 Å². The lowest BCUT2D eigenvalue weighted by molar-refractivity contribution is -0.0675. The minimum atomic E-state index is 0.0999. The highest BCUT2D eigenvalue weighted by Crippen LogP contribution is 2.44. The normalized spacial score (nSPS) is 25.7. The molecule has 146 valence electrons. The second kappa shape index (κ2) is 7.06. The predicted molar refractivity (Wildman–Crippen MR) is 115 cm³/mol. The molecule has 3 aromatic rings. The number of hydrogen-bond acceptors (Lipinski definition) is 2. The molecule has 2 unspecified atom stereocenters. The molecule has 2 saturated heterocycles. The molecule has 3 heteroatoms. The summed E-state index contributed by atoms with van der Waals surface area (Å²) < 4.78 is 6.30. The van der Waals surface area contributed by atoms with E-state index in [1.54, 1.807) is 0 Å². The summed E-state index contributed by atoms with van der Waals surface area (Å²) in [6.45, 7) is 7.49. The van der Waals surface area contributed by atoms with Gasteiger partial charge in [0.2, 0.25) is 0 Å². The van der Waals surface area contributed by atoms with Gasteiger partial charge >= 0.3 is 0 Å². The van der Waals surface area contributed by atoms with E-state index in [9.17, 15) is 0 Å². The number of aryl methyl sites for hydroxylation is 2. The summed E-state index contributed by atoms with van der Waals surface area (Å²) in [6.07, 6.45) is 6.76. The first-order valence-electron chi connectivity index (χ1n) is 10.6. The number of ether oxygens (including phenoxy) is 1. The molecular weight excluding hydrogens is 344 g/mol. The van der Waals surface area contributed by atoms with E-state index in [4.69, 9.17) is 4.74 Å². The number of benzene rings is 2. The van der Waals surface area contributed by atoms with Crippen LogP contribution in [0.4, 0.5) is 0 Å². The van der Waals surface area contributed by atoms with Crippen LogP contribution in [-0.4, -0.2) is 28.6 Å². The van der Waals surface area contributed by atoms with Crippen LogP contribution < -0.4 is 0 Å². The Morgan fingerprint density at radius 3 is 2.75 bits per heavy atom. The molecular formula is C25H30N2O. The van der Waals surface area contributed by atoms with E-state index < -0.39 is 0 Å². The fraction of sp³-hybridized carbons (Fsp3) is 0.440. The quantitative estimate of drug-likeness (QED) is 0.640. The first-order chi connectivity index (χ1) is 13.7. The molecule has 2 aliphatic rings. The summed E-state index contributed by atoms with van der Waals surface area (Å²) >= 11 is 0. The number of likely N-dealkylation sites (tertiary alicyclic amines) is 1. The molecule has 3 nitrogen and oxygen atoms in total. The molecule has 0 amide bonds. The molecule has 5 rings (SSSR count). The van der Waals surface area contributed by atoms with E-state index in [2.05, 4.69) is 72.4 Å². The molecule has 28 heavy (non-hydrogen) atoms. The Morgan fingerprint density at radius 1 is 1.11 bits per heavy atom. The van der Waals surface area contributed by atoms with Gasteiger partial charge in [-0.25, -0.2) is 0 Å². The van der Waals surface area contributed by atoms with Crippen LogP contribution in [0.2, 0.25) is 0 Å². The molecule has 0 aliphatic carbocycles. The van der Waals surface area contributed by atoms with Crippen LogP contribution in [0.15, 0.2) is 48.7 Å². The third-order valence-electron chi connectivity index (χ3n) is 6.97. The maximum Gasteiger partial charge on any atom is 0.0713 e. The van der Waals surface area contributed by atoms with Gasteiger partial charge in [-0.15, -0.1) is 0 Å². The lowest BCUT2D eigenvalue weighted by Crippen LogP contribution is -2.45. The lowest BCUT2D eigenvalue weighted by atomic mass is 9.81. The fourth-order valence-electron chi connectivity index (χ4n) is 5.45. The van der Waals surface area contributed by atoms with Crippen LogP contribution in [0.1, 0.15) is 54.0 Å². The fourth-order valence-corrected chi connectivity index (χ4v) is 5.45. The van der Waals surface area contributed by atoms with Crippen molar-refractivity contribution in [1.29, 1.82) is 0 Å². The van der Waals surface area contributed by atoms with E-state index in [1.165, 1.54) is 46.0 Å². The highest BCUT2D eigenvalue weighted by molar-refractivity contribution is 5.86. The average molecular weight is 375 g/mol. The second-order valence-corrected chi connectivity index (χ2v) is 8.74. The number of aromatic amines is 1. The molecule has 0 radical (unpaired) electrons. The Bertz CT molecular complexity index is 969. The smallest absolute Gasteiger partial charge is 0.0713 e. The van der Waals surface area contributed by atoms with Crippen molar-refractivity contribution in [3.63, 3.8) is 0 Å². The van der Waals surface area contributed by atoms with Crippen LogP contribution in [0.25, 0.3) is 10.9 Å². The van der Waals surface area contributed by atoms with Crippen LogP contribution in [0, 0.1) is 13.8 Å². The number of H-pyrrole nitrogens is 1. The van der Waals surface area contributed by atoms with Crippen molar-refractivity contribution < 1.29 is 4.74 Å². The number of nitrogens with one attached hydrogen (secondary N) is 1. The average Bonchev–Trinajstić information content (AvgIpc) is 3.37. The van der Waals surface area contributed by atoms with Gasteiger partial charge in [-0.3, -0.25) is 4.90 Å². The monoisotopic (exact) mass is 374 g/mol. The first-order valence-corrected chi connectivity index (χ1v) is 10.6. The van der Waals surface area contributed by atoms with E-state index >= 15 is 0 Å². The van der Waals surface area contributed by atoms with Crippen LogP contribution in [0.3, 0.4) is 0 Å². The Balaban J connectivity index is 1.51. The van der Waals surface area contributed by atoms with Gasteiger partial charge in [-0.1, -0.05) is 36.4 Å². The second-order valence-electron chi connectivity index (χ2n) is 8.74. The molecule has 3 heterocycles. The zero-order valence-electron chi connectivity index (χ0n) is 17.0. The zero-order chi connectivity index (χ0) is 19.1. The summed E-state index contributed by atoms with van der Waals surface area (Å²) in [4.78, 5) is 6.12. The molecule has 1 spiro atoms. The maximum atomic E-state index is 6.30. The molecule has 0 bridgehead atoms. The van der Waals surface area contributed by atoms with Gasteiger partial charge in [-0.05, 0) is 67.9 Å². The van der Waals surface area contributed by atoms with Gasteiger partial charge < -0.3 is 9.72 Å². The van der Waals surface area contributed by atoms with Crippen molar-refractivity contribution in [2.24, 2.45) is 0 Å². The van der Waals surface area contributed by atoms with Crippen molar-refractivity contribution in [2.45, 2.75) is 57.7 Å². The van der Waals surface area contributed by atoms with Crippen molar-refractivity contribution in [3.05, 3.63) is 70.9 Å². The Hall–Kier alpha value is -2.10. The predicted octanol–water partition coefficient (Wildman–Crippen LogP) is 5.67. The third-order valence-corrected chi connectivity index (χ3v) is 6.97.